The fourth-order valence-electron chi connectivity index (χ4n) is 3.81. The average Bonchev–Trinajstić information content (AvgIpc) is 2.49. The van der Waals surface area contributed by atoms with Gasteiger partial charge in [0.2, 0.25) is 0 Å². The van der Waals surface area contributed by atoms with E-state index in [0.717, 1.165) is 31.6 Å². The molecular formula is C17H23FN2O. The second-order valence-electron chi connectivity index (χ2n) is 6.47. The summed E-state index contributed by atoms with van der Waals surface area (Å²) < 4.78 is 13.9. The molecular weight excluding hydrogens is 267 g/mol. The van der Waals surface area contributed by atoms with Crippen LogP contribution in [0.15, 0.2) is 18.2 Å². The van der Waals surface area contributed by atoms with Crippen molar-refractivity contribution in [3.8, 4) is 0 Å². The zero-order valence-electron chi connectivity index (χ0n) is 12.8. The average molecular weight is 290 g/mol. The monoisotopic (exact) mass is 290 g/mol. The molecule has 2 fully saturated rings. The van der Waals surface area contributed by atoms with E-state index in [2.05, 4.69) is 11.9 Å². The molecule has 0 N–H and O–H groups in total. The highest BCUT2D eigenvalue weighted by molar-refractivity contribution is 5.94. The van der Waals surface area contributed by atoms with Crippen molar-refractivity contribution in [2.45, 2.75) is 32.2 Å². The summed E-state index contributed by atoms with van der Waals surface area (Å²) in [5.74, 6) is -0.0225. The number of amides is 1. The summed E-state index contributed by atoms with van der Waals surface area (Å²) in [5.41, 5.74) is 1.14. The number of rotatable bonds is 1. The van der Waals surface area contributed by atoms with Crippen molar-refractivity contribution in [3.05, 3.63) is 35.1 Å². The zero-order valence-corrected chi connectivity index (χ0v) is 12.8. The van der Waals surface area contributed by atoms with Gasteiger partial charge in [-0.25, -0.2) is 4.39 Å². The zero-order chi connectivity index (χ0) is 15.0. The molecule has 2 unspecified atom stereocenters. The molecule has 2 saturated heterocycles. The van der Waals surface area contributed by atoms with E-state index < -0.39 is 5.82 Å². The maximum atomic E-state index is 13.9. The van der Waals surface area contributed by atoms with E-state index in [1.54, 1.807) is 12.1 Å². The lowest BCUT2D eigenvalue weighted by molar-refractivity contribution is 0.0314. The highest BCUT2D eigenvalue weighted by atomic mass is 19.1. The predicted octanol–water partition coefficient (Wildman–Crippen LogP) is 2.69. The van der Waals surface area contributed by atoms with Gasteiger partial charge in [-0.05, 0) is 57.8 Å². The first-order chi connectivity index (χ1) is 10.1. The Morgan fingerprint density at radius 2 is 2.10 bits per heavy atom. The standard InChI is InChI=1S/C17H23FN2O/c1-12-5-6-15(18)14(10-12)17(21)20-9-7-16-13(11-20)4-3-8-19(16)2/h5-6,10,13,16H,3-4,7-9,11H2,1-2H3. The molecule has 1 aromatic rings. The molecule has 2 heterocycles. The number of nitrogens with zero attached hydrogens (tertiary/aromatic N) is 2. The Labute approximate surface area is 125 Å². The van der Waals surface area contributed by atoms with E-state index in [0.29, 0.717) is 12.0 Å². The number of likely N-dealkylation sites (tertiary alicyclic amines) is 2. The minimum Gasteiger partial charge on any atom is -0.338 e. The summed E-state index contributed by atoms with van der Waals surface area (Å²) >= 11 is 0. The van der Waals surface area contributed by atoms with Crippen LogP contribution in [0.3, 0.4) is 0 Å². The van der Waals surface area contributed by atoms with Gasteiger partial charge in [-0.1, -0.05) is 11.6 Å². The Bertz CT molecular complexity index is 546. The summed E-state index contributed by atoms with van der Waals surface area (Å²) in [4.78, 5) is 16.9. The summed E-state index contributed by atoms with van der Waals surface area (Å²) in [6.45, 7) is 4.54. The molecule has 114 valence electrons. The first-order valence-electron chi connectivity index (χ1n) is 7.82. The summed E-state index contributed by atoms with van der Waals surface area (Å²) in [6, 6.07) is 5.35. The highest BCUT2D eigenvalue weighted by Gasteiger charge is 2.36. The van der Waals surface area contributed by atoms with Gasteiger partial charge in [0.25, 0.3) is 5.91 Å². The lowest BCUT2D eigenvalue weighted by Gasteiger charge is -2.46. The number of hydrogen-bond donors (Lipinski definition) is 0. The van der Waals surface area contributed by atoms with Gasteiger partial charge in [0.1, 0.15) is 5.82 Å². The van der Waals surface area contributed by atoms with Gasteiger partial charge >= 0.3 is 0 Å². The molecule has 1 aromatic carbocycles. The molecule has 4 heteroatoms. The minimum absolute atomic E-state index is 0.150. The first-order valence-corrected chi connectivity index (χ1v) is 7.82. The van der Waals surface area contributed by atoms with Gasteiger partial charge in [-0.15, -0.1) is 0 Å². The molecule has 0 aromatic heterocycles. The molecule has 2 aliphatic heterocycles. The van der Waals surface area contributed by atoms with Crippen LogP contribution in [-0.4, -0.2) is 48.4 Å². The number of hydrogen-bond acceptors (Lipinski definition) is 2. The van der Waals surface area contributed by atoms with Crippen molar-refractivity contribution in [2.24, 2.45) is 5.92 Å². The second-order valence-corrected chi connectivity index (χ2v) is 6.47. The topological polar surface area (TPSA) is 23.6 Å². The Morgan fingerprint density at radius 1 is 1.29 bits per heavy atom. The van der Waals surface area contributed by atoms with E-state index >= 15 is 0 Å². The Balaban J connectivity index is 1.76. The van der Waals surface area contributed by atoms with Crippen molar-refractivity contribution in [1.82, 2.24) is 9.80 Å². The maximum Gasteiger partial charge on any atom is 0.256 e. The van der Waals surface area contributed by atoms with Crippen molar-refractivity contribution >= 4 is 5.91 Å². The van der Waals surface area contributed by atoms with Crippen LogP contribution in [0.2, 0.25) is 0 Å². The molecule has 0 saturated carbocycles. The van der Waals surface area contributed by atoms with Gasteiger partial charge < -0.3 is 9.80 Å². The van der Waals surface area contributed by atoms with Crippen LogP contribution in [0.25, 0.3) is 0 Å². The largest absolute Gasteiger partial charge is 0.338 e. The van der Waals surface area contributed by atoms with Gasteiger partial charge in [-0.3, -0.25) is 4.79 Å². The van der Waals surface area contributed by atoms with Crippen molar-refractivity contribution in [1.29, 1.82) is 0 Å². The molecule has 0 radical (unpaired) electrons. The fourth-order valence-corrected chi connectivity index (χ4v) is 3.81. The maximum absolute atomic E-state index is 13.9. The van der Waals surface area contributed by atoms with Crippen LogP contribution in [-0.2, 0) is 0 Å². The van der Waals surface area contributed by atoms with Gasteiger partial charge in [0.05, 0.1) is 5.56 Å². The molecule has 0 aliphatic carbocycles. The quantitative estimate of drug-likeness (QED) is 0.794. The molecule has 21 heavy (non-hydrogen) atoms. The van der Waals surface area contributed by atoms with Crippen molar-refractivity contribution in [2.75, 3.05) is 26.7 Å². The summed E-state index contributed by atoms with van der Waals surface area (Å²) in [5, 5.41) is 0. The molecule has 1 amide bonds. The van der Waals surface area contributed by atoms with Crippen LogP contribution in [0.5, 0.6) is 0 Å². The Hall–Kier alpha value is -1.42. The van der Waals surface area contributed by atoms with Crippen molar-refractivity contribution < 1.29 is 9.18 Å². The molecule has 2 atom stereocenters. The van der Waals surface area contributed by atoms with E-state index in [1.165, 1.54) is 18.9 Å². The number of aryl methyl sites for hydroxylation is 1. The number of carbonyl (C=O) groups is 1. The third kappa shape index (κ3) is 2.82. The van der Waals surface area contributed by atoms with Gasteiger partial charge in [0, 0.05) is 19.1 Å². The van der Waals surface area contributed by atoms with E-state index in [-0.39, 0.29) is 11.5 Å². The van der Waals surface area contributed by atoms with Crippen LogP contribution in [0.1, 0.15) is 35.2 Å². The van der Waals surface area contributed by atoms with Crippen molar-refractivity contribution in [3.63, 3.8) is 0 Å². The molecule has 2 aliphatic rings. The Morgan fingerprint density at radius 3 is 2.90 bits per heavy atom. The van der Waals surface area contributed by atoms with E-state index in [9.17, 15) is 9.18 Å². The normalized spacial score (nSPS) is 26.5. The van der Waals surface area contributed by atoms with Crippen LogP contribution in [0, 0.1) is 18.7 Å². The third-order valence-corrected chi connectivity index (χ3v) is 4.99. The number of fused-ring (bicyclic) bond motifs is 1. The van der Waals surface area contributed by atoms with E-state index in [1.807, 2.05) is 11.8 Å². The third-order valence-electron chi connectivity index (χ3n) is 4.99. The lowest BCUT2D eigenvalue weighted by atomic mass is 9.84. The van der Waals surface area contributed by atoms with Crippen LogP contribution >= 0.6 is 0 Å². The molecule has 3 nitrogen and oxygen atoms in total. The number of piperidine rings is 2. The van der Waals surface area contributed by atoms with Gasteiger partial charge in [0.15, 0.2) is 0 Å². The minimum atomic E-state index is -0.409. The van der Waals surface area contributed by atoms with Crippen LogP contribution in [0.4, 0.5) is 4.39 Å². The predicted molar refractivity (Wildman–Crippen MR) is 80.8 cm³/mol. The van der Waals surface area contributed by atoms with E-state index in [4.69, 9.17) is 0 Å². The SMILES string of the molecule is Cc1ccc(F)c(C(=O)N2CCC3C(CCCN3C)C2)c1. The smallest absolute Gasteiger partial charge is 0.256 e. The Kier molecular flexibility index (Phi) is 3.98. The molecule has 0 bridgehead atoms. The summed E-state index contributed by atoms with van der Waals surface area (Å²) in [7, 11) is 2.18. The molecule has 0 spiro atoms. The number of benzene rings is 1. The fraction of sp³-hybridized carbons (Fsp3) is 0.588. The first kappa shape index (κ1) is 14.5. The number of halogens is 1. The lowest BCUT2D eigenvalue weighted by Crippen LogP contribution is -2.54. The summed E-state index contributed by atoms with van der Waals surface area (Å²) in [6.07, 6.45) is 3.37. The molecule has 3 rings (SSSR count). The second kappa shape index (κ2) is 5.76. The van der Waals surface area contributed by atoms with Gasteiger partial charge in [-0.2, -0.15) is 0 Å². The highest BCUT2D eigenvalue weighted by Crippen LogP contribution is 2.30. The van der Waals surface area contributed by atoms with Crippen LogP contribution < -0.4 is 0 Å². The number of carbonyl (C=O) groups excluding carboxylic acids is 1.